The number of nitrogens with zero attached hydrogens (tertiary/aromatic N) is 2. The summed E-state index contributed by atoms with van der Waals surface area (Å²) in [6.45, 7) is 3.77. The van der Waals surface area contributed by atoms with E-state index in [9.17, 15) is 9.59 Å². The van der Waals surface area contributed by atoms with Crippen LogP contribution in [0, 0.1) is 0 Å². The summed E-state index contributed by atoms with van der Waals surface area (Å²) in [7, 11) is 1.50. The van der Waals surface area contributed by atoms with Gasteiger partial charge >= 0.3 is 5.69 Å². The Balaban J connectivity index is 2.48. The quantitative estimate of drug-likeness (QED) is 0.758. The van der Waals surface area contributed by atoms with E-state index >= 15 is 0 Å². The van der Waals surface area contributed by atoms with Crippen molar-refractivity contribution in [1.82, 2.24) is 14.5 Å². The number of hydrogen-bond acceptors (Lipinski definition) is 6. The third kappa shape index (κ3) is 2.39. The van der Waals surface area contributed by atoms with Crippen molar-refractivity contribution in [3.8, 4) is 0 Å². The molecule has 0 bridgehead atoms. The van der Waals surface area contributed by atoms with E-state index in [4.69, 9.17) is 5.73 Å². The average Bonchev–Trinajstić information content (AvgIpc) is 2.86. The lowest BCUT2D eigenvalue weighted by molar-refractivity contribution is 0.601. The number of H-pyrrole nitrogens is 1. The summed E-state index contributed by atoms with van der Waals surface area (Å²) in [4.78, 5) is 29.7. The van der Waals surface area contributed by atoms with Crippen LogP contribution in [-0.2, 0) is 12.6 Å². The molecule has 8 heteroatoms. The maximum absolute atomic E-state index is 11.8. The molecule has 0 unspecified atom stereocenters. The fourth-order valence-corrected chi connectivity index (χ4v) is 2.37. The largest absolute Gasteiger partial charge is 0.383 e. The zero-order valence-electron chi connectivity index (χ0n) is 10.9. The van der Waals surface area contributed by atoms with Crippen LogP contribution < -0.4 is 22.3 Å². The maximum atomic E-state index is 11.8. The lowest BCUT2D eigenvalue weighted by Gasteiger charge is -2.25. The molecule has 0 aliphatic rings. The lowest BCUT2D eigenvalue weighted by atomic mass is 10.1. The molecule has 4 N–H and O–H groups in total. The second-order valence-electron chi connectivity index (χ2n) is 4.67. The summed E-state index contributed by atoms with van der Waals surface area (Å²) < 4.78 is 1.18. The first-order chi connectivity index (χ1) is 8.83. The highest BCUT2D eigenvalue weighted by molar-refractivity contribution is 7.09. The molecule has 0 saturated heterocycles. The highest BCUT2D eigenvalue weighted by Crippen LogP contribution is 2.27. The molecule has 0 saturated carbocycles. The van der Waals surface area contributed by atoms with E-state index in [1.807, 2.05) is 19.2 Å². The van der Waals surface area contributed by atoms with Crippen LogP contribution >= 0.6 is 11.3 Å². The van der Waals surface area contributed by atoms with Crippen LogP contribution in [0.2, 0.25) is 0 Å². The Morgan fingerprint density at radius 3 is 2.74 bits per heavy atom. The van der Waals surface area contributed by atoms with Gasteiger partial charge in [0.1, 0.15) is 16.5 Å². The molecular formula is C11H15N5O2S. The van der Waals surface area contributed by atoms with Gasteiger partial charge in [-0.3, -0.25) is 14.3 Å². The van der Waals surface area contributed by atoms with Crippen LogP contribution in [0.1, 0.15) is 18.9 Å². The normalized spacial score (nSPS) is 11.5. The highest BCUT2D eigenvalue weighted by Gasteiger charge is 2.25. The van der Waals surface area contributed by atoms with Gasteiger partial charge in [0.25, 0.3) is 5.56 Å². The van der Waals surface area contributed by atoms with Gasteiger partial charge in [-0.1, -0.05) is 0 Å². The van der Waals surface area contributed by atoms with Gasteiger partial charge in [0.05, 0.1) is 5.54 Å². The van der Waals surface area contributed by atoms with Gasteiger partial charge in [-0.05, 0) is 13.8 Å². The fraction of sp³-hybridized carbons (Fsp3) is 0.364. The van der Waals surface area contributed by atoms with Gasteiger partial charge < -0.3 is 11.1 Å². The Labute approximate surface area is 113 Å². The number of aromatic amines is 1. The molecule has 2 heterocycles. The van der Waals surface area contributed by atoms with Gasteiger partial charge in [-0.15, -0.1) is 11.3 Å². The number of nitrogens with two attached hydrogens (primary N) is 1. The van der Waals surface area contributed by atoms with Crippen molar-refractivity contribution >= 4 is 22.8 Å². The zero-order chi connectivity index (χ0) is 14.2. The molecule has 102 valence electrons. The predicted octanol–water partition coefficient (Wildman–Crippen LogP) is 0.459. The lowest BCUT2D eigenvalue weighted by Crippen LogP contribution is -2.37. The monoisotopic (exact) mass is 281 g/mol. The van der Waals surface area contributed by atoms with Crippen molar-refractivity contribution < 1.29 is 0 Å². The molecule has 19 heavy (non-hydrogen) atoms. The van der Waals surface area contributed by atoms with Gasteiger partial charge in [0.2, 0.25) is 0 Å². The summed E-state index contributed by atoms with van der Waals surface area (Å²) in [5, 5.41) is 5.72. The predicted molar refractivity (Wildman–Crippen MR) is 75.5 cm³/mol. The standard InChI is InChI=1S/C11H15N5O2S/c1-11(2,9-13-4-5-19-9)15-6-7(12)16(3)10(18)14-8(6)17/h4-5,15H,12H2,1-3H3,(H,14,17,18). The molecule has 0 fully saturated rings. The van der Waals surface area contributed by atoms with Crippen molar-refractivity contribution in [1.29, 1.82) is 0 Å². The van der Waals surface area contributed by atoms with Gasteiger partial charge in [0.15, 0.2) is 0 Å². The molecule has 0 aliphatic carbocycles. The molecule has 0 atom stereocenters. The first-order valence-electron chi connectivity index (χ1n) is 5.60. The number of aromatic nitrogens is 3. The summed E-state index contributed by atoms with van der Waals surface area (Å²) in [6, 6.07) is 0. The molecular weight excluding hydrogens is 266 g/mol. The van der Waals surface area contributed by atoms with Gasteiger partial charge in [-0.2, -0.15) is 0 Å². The Hall–Kier alpha value is -2.09. The minimum Gasteiger partial charge on any atom is -0.383 e. The number of nitrogen functional groups attached to an aromatic ring is 1. The topological polar surface area (TPSA) is 106 Å². The van der Waals surface area contributed by atoms with Crippen LogP contribution in [0.15, 0.2) is 21.2 Å². The second-order valence-corrected chi connectivity index (χ2v) is 5.56. The van der Waals surface area contributed by atoms with Crippen LogP contribution in [0.4, 0.5) is 11.5 Å². The summed E-state index contributed by atoms with van der Waals surface area (Å²) in [5.74, 6) is 0.0957. The van der Waals surface area contributed by atoms with Crippen molar-refractivity contribution in [2.45, 2.75) is 19.4 Å². The van der Waals surface area contributed by atoms with Crippen LogP contribution in [0.25, 0.3) is 0 Å². The molecule has 0 spiro atoms. The van der Waals surface area contributed by atoms with E-state index < -0.39 is 16.8 Å². The fourth-order valence-electron chi connectivity index (χ4n) is 1.66. The van der Waals surface area contributed by atoms with E-state index in [1.165, 1.54) is 23.0 Å². The molecule has 0 amide bonds. The summed E-state index contributed by atoms with van der Waals surface area (Å²) in [6.07, 6.45) is 1.69. The molecule has 2 aromatic rings. The Kier molecular flexibility index (Phi) is 3.19. The van der Waals surface area contributed by atoms with Crippen molar-refractivity contribution in [3.63, 3.8) is 0 Å². The van der Waals surface area contributed by atoms with Gasteiger partial charge in [0, 0.05) is 18.6 Å². The number of nitrogens with one attached hydrogen (secondary N) is 2. The average molecular weight is 281 g/mol. The van der Waals surface area contributed by atoms with Crippen molar-refractivity contribution in [2.24, 2.45) is 7.05 Å². The van der Waals surface area contributed by atoms with E-state index in [0.29, 0.717) is 0 Å². The highest BCUT2D eigenvalue weighted by atomic mass is 32.1. The van der Waals surface area contributed by atoms with Crippen LogP contribution in [0.5, 0.6) is 0 Å². The van der Waals surface area contributed by atoms with E-state index in [-0.39, 0.29) is 11.5 Å². The first kappa shape index (κ1) is 13.3. The zero-order valence-corrected chi connectivity index (χ0v) is 11.7. The third-order valence-electron chi connectivity index (χ3n) is 2.77. The number of hydrogen-bond donors (Lipinski definition) is 3. The number of rotatable bonds is 3. The molecule has 0 radical (unpaired) electrons. The van der Waals surface area contributed by atoms with E-state index in [1.54, 1.807) is 6.20 Å². The summed E-state index contributed by atoms with van der Waals surface area (Å²) in [5.41, 5.74) is 4.34. The number of thiazole rings is 1. The van der Waals surface area contributed by atoms with Crippen LogP contribution in [-0.4, -0.2) is 14.5 Å². The Morgan fingerprint density at radius 1 is 1.47 bits per heavy atom. The van der Waals surface area contributed by atoms with E-state index in [2.05, 4.69) is 15.3 Å². The second kappa shape index (κ2) is 4.54. The van der Waals surface area contributed by atoms with Crippen molar-refractivity contribution in [3.05, 3.63) is 37.4 Å². The van der Waals surface area contributed by atoms with Crippen LogP contribution in [0.3, 0.4) is 0 Å². The maximum Gasteiger partial charge on any atom is 0.329 e. The minimum atomic E-state index is -0.563. The van der Waals surface area contributed by atoms with Crippen molar-refractivity contribution in [2.75, 3.05) is 11.1 Å². The molecule has 7 nitrogen and oxygen atoms in total. The first-order valence-corrected chi connectivity index (χ1v) is 6.48. The third-order valence-corrected chi connectivity index (χ3v) is 3.87. The van der Waals surface area contributed by atoms with Gasteiger partial charge in [-0.25, -0.2) is 9.78 Å². The summed E-state index contributed by atoms with van der Waals surface area (Å²) >= 11 is 1.47. The minimum absolute atomic E-state index is 0.0957. The Bertz CT molecular complexity index is 699. The number of anilines is 2. The molecule has 0 aliphatic heterocycles. The molecule has 0 aromatic carbocycles. The van der Waals surface area contributed by atoms with E-state index in [0.717, 1.165) is 5.01 Å². The smallest absolute Gasteiger partial charge is 0.329 e. The Morgan fingerprint density at radius 2 is 2.16 bits per heavy atom. The SMILES string of the molecule is Cn1c(N)c(NC(C)(C)c2nccs2)c(=O)[nH]c1=O. The molecule has 2 aromatic heterocycles. The molecule has 2 rings (SSSR count).